The van der Waals surface area contributed by atoms with Crippen molar-refractivity contribution in [1.82, 2.24) is 0 Å². The summed E-state index contributed by atoms with van der Waals surface area (Å²) < 4.78 is 14.4. The maximum absolute atomic E-state index is 14.4. The van der Waals surface area contributed by atoms with Crippen LogP contribution in [0.2, 0.25) is 0 Å². The third-order valence-electron chi connectivity index (χ3n) is 4.71. The zero-order valence-electron chi connectivity index (χ0n) is 14.0. The molecule has 0 aromatic heterocycles. The largest absolute Gasteiger partial charge is 0.339 e. The van der Waals surface area contributed by atoms with Gasteiger partial charge in [0.1, 0.15) is 23.5 Å². The van der Waals surface area contributed by atoms with Crippen molar-refractivity contribution < 1.29 is 4.39 Å². The van der Waals surface area contributed by atoms with Gasteiger partial charge < -0.3 is 4.90 Å². The molecule has 120 valence electrons. The Hall–Kier alpha value is -2.85. The topological polar surface area (TPSA) is 50.8 Å². The Morgan fingerprint density at radius 2 is 1.92 bits per heavy atom. The van der Waals surface area contributed by atoms with E-state index in [2.05, 4.69) is 19.1 Å². The average Bonchev–Trinajstić information content (AvgIpc) is 2.57. The van der Waals surface area contributed by atoms with Gasteiger partial charge in [0.05, 0.1) is 16.9 Å². The molecule has 0 fully saturated rings. The summed E-state index contributed by atoms with van der Waals surface area (Å²) in [5.41, 5.74) is 4.53. The standard InChI is InChI=1S/C20H18FN3/c1-12-8-15(10-22)20-16(9-12)13(2)6-7-24(20)18-5-4-14(3)19(21)17(18)11-23/h4-5,8-9,13H,6-7H2,1-3H3. The highest BCUT2D eigenvalue weighted by Gasteiger charge is 2.28. The second kappa shape index (κ2) is 5.98. The molecule has 2 aromatic carbocycles. The van der Waals surface area contributed by atoms with Gasteiger partial charge >= 0.3 is 0 Å². The number of nitrogens with zero attached hydrogens (tertiary/aromatic N) is 3. The molecule has 3 rings (SSSR count). The molecule has 0 N–H and O–H groups in total. The molecule has 1 aliphatic heterocycles. The third kappa shape index (κ3) is 2.41. The molecule has 0 saturated carbocycles. The molecule has 1 aliphatic rings. The summed E-state index contributed by atoms with van der Waals surface area (Å²) in [5, 5.41) is 19.0. The number of halogens is 1. The smallest absolute Gasteiger partial charge is 0.145 e. The molecule has 1 atom stereocenters. The maximum Gasteiger partial charge on any atom is 0.145 e. The van der Waals surface area contributed by atoms with Crippen molar-refractivity contribution in [2.24, 2.45) is 0 Å². The molecule has 1 unspecified atom stereocenters. The lowest BCUT2D eigenvalue weighted by Crippen LogP contribution is -2.28. The molecular formula is C20H18FN3. The lowest BCUT2D eigenvalue weighted by atomic mass is 9.87. The summed E-state index contributed by atoms with van der Waals surface area (Å²) in [5.74, 6) is -0.162. The van der Waals surface area contributed by atoms with Crippen LogP contribution in [0.4, 0.5) is 15.8 Å². The van der Waals surface area contributed by atoms with Gasteiger partial charge in [-0.3, -0.25) is 0 Å². The molecule has 24 heavy (non-hydrogen) atoms. The summed E-state index contributed by atoms with van der Waals surface area (Å²) in [7, 11) is 0. The monoisotopic (exact) mass is 319 g/mol. The first-order chi connectivity index (χ1) is 11.5. The number of hydrogen-bond donors (Lipinski definition) is 0. The number of anilines is 2. The van der Waals surface area contributed by atoms with E-state index in [9.17, 15) is 14.9 Å². The van der Waals surface area contributed by atoms with E-state index in [0.29, 0.717) is 29.3 Å². The zero-order chi connectivity index (χ0) is 17.4. The van der Waals surface area contributed by atoms with E-state index >= 15 is 0 Å². The Kier molecular flexibility index (Phi) is 3.99. The number of benzene rings is 2. The fourth-order valence-corrected chi connectivity index (χ4v) is 3.40. The van der Waals surface area contributed by atoms with Crippen molar-refractivity contribution >= 4 is 11.4 Å². The Balaban J connectivity index is 2.28. The highest BCUT2D eigenvalue weighted by molar-refractivity contribution is 5.78. The summed E-state index contributed by atoms with van der Waals surface area (Å²) in [4.78, 5) is 1.92. The number of nitriles is 2. The SMILES string of the molecule is Cc1cc(C#N)c2c(c1)C(C)CCN2c1ccc(C)c(F)c1C#N. The first-order valence-electron chi connectivity index (χ1n) is 7.99. The normalized spacial score (nSPS) is 16.2. The van der Waals surface area contributed by atoms with Crippen molar-refractivity contribution in [2.75, 3.05) is 11.4 Å². The number of hydrogen-bond acceptors (Lipinski definition) is 3. The fourth-order valence-electron chi connectivity index (χ4n) is 3.40. The predicted octanol–water partition coefficient (Wildman–Crippen LogP) is 4.83. The van der Waals surface area contributed by atoms with E-state index in [1.807, 2.05) is 24.0 Å². The fraction of sp³-hybridized carbons (Fsp3) is 0.300. The molecule has 1 heterocycles. The Morgan fingerprint density at radius 1 is 1.17 bits per heavy atom. The zero-order valence-corrected chi connectivity index (χ0v) is 14.0. The highest BCUT2D eigenvalue weighted by Crippen LogP contribution is 2.43. The summed E-state index contributed by atoms with van der Waals surface area (Å²) in [6.07, 6.45) is 0.891. The summed E-state index contributed by atoms with van der Waals surface area (Å²) in [6.45, 7) is 6.41. The first-order valence-corrected chi connectivity index (χ1v) is 7.99. The van der Waals surface area contributed by atoms with Crippen LogP contribution in [-0.4, -0.2) is 6.54 Å². The second-order valence-corrected chi connectivity index (χ2v) is 6.41. The minimum Gasteiger partial charge on any atom is -0.339 e. The molecular weight excluding hydrogens is 301 g/mol. The second-order valence-electron chi connectivity index (χ2n) is 6.41. The van der Waals surface area contributed by atoms with Crippen molar-refractivity contribution in [1.29, 1.82) is 10.5 Å². The highest BCUT2D eigenvalue weighted by atomic mass is 19.1. The van der Waals surface area contributed by atoms with E-state index in [0.717, 1.165) is 23.2 Å². The first kappa shape index (κ1) is 16.0. The third-order valence-corrected chi connectivity index (χ3v) is 4.71. The van der Waals surface area contributed by atoms with Crippen LogP contribution >= 0.6 is 0 Å². The van der Waals surface area contributed by atoms with Crippen molar-refractivity contribution in [3.8, 4) is 12.1 Å². The maximum atomic E-state index is 14.4. The van der Waals surface area contributed by atoms with Gasteiger partial charge in [0.25, 0.3) is 0 Å². The van der Waals surface area contributed by atoms with Crippen LogP contribution in [-0.2, 0) is 0 Å². The van der Waals surface area contributed by atoms with Crippen LogP contribution in [0.5, 0.6) is 0 Å². The Morgan fingerprint density at radius 3 is 2.58 bits per heavy atom. The van der Waals surface area contributed by atoms with Crippen LogP contribution in [0, 0.1) is 42.3 Å². The van der Waals surface area contributed by atoms with Gasteiger partial charge in [0, 0.05) is 6.54 Å². The van der Waals surface area contributed by atoms with Gasteiger partial charge in [-0.2, -0.15) is 10.5 Å². The predicted molar refractivity (Wildman–Crippen MR) is 91.8 cm³/mol. The van der Waals surface area contributed by atoms with Gasteiger partial charge in [-0.15, -0.1) is 0 Å². The van der Waals surface area contributed by atoms with Gasteiger partial charge in [0.15, 0.2) is 0 Å². The van der Waals surface area contributed by atoms with Crippen LogP contribution in [0.25, 0.3) is 0 Å². The molecule has 4 heteroatoms. The van der Waals surface area contributed by atoms with Gasteiger partial charge in [-0.1, -0.05) is 19.1 Å². The van der Waals surface area contributed by atoms with E-state index in [1.165, 1.54) is 0 Å². The van der Waals surface area contributed by atoms with Crippen LogP contribution in [0.3, 0.4) is 0 Å². The molecule has 0 amide bonds. The van der Waals surface area contributed by atoms with Crippen molar-refractivity contribution in [2.45, 2.75) is 33.1 Å². The van der Waals surface area contributed by atoms with Crippen molar-refractivity contribution in [3.05, 3.63) is 57.9 Å². The van der Waals surface area contributed by atoms with Gasteiger partial charge in [-0.05, 0) is 55.0 Å². The quantitative estimate of drug-likeness (QED) is 0.756. The lowest BCUT2D eigenvalue weighted by molar-refractivity contribution is 0.611. The molecule has 3 nitrogen and oxygen atoms in total. The van der Waals surface area contributed by atoms with Crippen LogP contribution < -0.4 is 4.90 Å². The van der Waals surface area contributed by atoms with E-state index < -0.39 is 5.82 Å². The number of fused-ring (bicyclic) bond motifs is 1. The summed E-state index contributed by atoms with van der Waals surface area (Å²) in [6, 6.07) is 11.6. The van der Waals surface area contributed by atoms with Crippen LogP contribution in [0.15, 0.2) is 24.3 Å². The minimum absolute atomic E-state index is 0.0416. The van der Waals surface area contributed by atoms with Gasteiger partial charge in [-0.25, -0.2) is 4.39 Å². The molecule has 0 bridgehead atoms. The number of rotatable bonds is 1. The number of aryl methyl sites for hydroxylation is 2. The van der Waals surface area contributed by atoms with Crippen LogP contribution in [0.1, 0.15) is 47.1 Å². The van der Waals surface area contributed by atoms with Gasteiger partial charge in [0.2, 0.25) is 0 Å². The summed E-state index contributed by atoms with van der Waals surface area (Å²) >= 11 is 0. The molecule has 0 spiro atoms. The molecule has 0 aliphatic carbocycles. The average molecular weight is 319 g/mol. The molecule has 2 aromatic rings. The van der Waals surface area contributed by atoms with Crippen molar-refractivity contribution in [3.63, 3.8) is 0 Å². The van der Waals surface area contributed by atoms with E-state index in [1.54, 1.807) is 19.1 Å². The van der Waals surface area contributed by atoms with E-state index in [-0.39, 0.29) is 5.56 Å². The lowest BCUT2D eigenvalue weighted by Gasteiger charge is -2.36. The Labute approximate surface area is 141 Å². The molecule has 0 saturated heterocycles. The Bertz CT molecular complexity index is 903. The minimum atomic E-state index is -0.485. The molecule has 0 radical (unpaired) electrons. The van der Waals surface area contributed by atoms with E-state index in [4.69, 9.17) is 0 Å².